The fraction of sp³-hybridized carbons (Fsp3) is 0.0400. The van der Waals surface area contributed by atoms with Gasteiger partial charge in [-0.1, -0.05) is 31.4 Å². The molecule has 2 aromatic carbocycles. The van der Waals surface area contributed by atoms with E-state index < -0.39 is 17.8 Å². The van der Waals surface area contributed by atoms with E-state index in [2.05, 4.69) is 13.2 Å². The average molecular weight is 418 g/mol. The number of hydrogen-bond acceptors (Lipinski definition) is 5. The Morgan fingerprint density at radius 1 is 0.968 bits per heavy atom. The highest BCUT2D eigenvalue weighted by Crippen LogP contribution is 2.29. The van der Waals surface area contributed by atoms with Crippen LogP contribution in [0.4, 0.5) is 4.39 Å². The lowest BCUT2D eigenvalue weighted by Gasteiger charge is -2.05. The van der Waals surface area contributed by atoms with Crippen molar-refractivity contribution in [2.24, 2.45) is 0 Å². The lowest BCUT2D eigenvalue weighted by Crippen LogP contribution is -2.08. The Balaban J connectivity index is 1.70. The Bertz CT molecular complexity index is 1170. The van der Waals surface area contributed by atoms with Crippen molar-refractivity contribution < 1.29 is 27.9 Å². The minimum absolute atomic E-state index is 0.0862. The maximum Gasteiger partial charge on any atom is 0.338 e. The number of halogens is 1. The van der Waals surface area contributed by atoms with Gasteiger partial charge in [-0.15, -0.1) is 0 Å². The minimum atomic E-state index is -0.621. The SMILES string of the molecule is C=CC(=O)Oc1ccc(/C=C/c2ccc(-c3ccc(OC(=O)C(=C)C)cc3F)o2)cc1. The fourth-order valence-corrected chi connectivity index (χ4v) is 2.52. The molecule has 0 aliphatic carbocycles. The predicted molar refractivity (Wildman–Crippen MR) is 116 cm³/mol. The van der Waals surface area contributed by atoms with E-state index in [4.69, 9.17) is 13.9 Å². The molecule has 0 radical (unpaired) electrons. The summed E-state index contributed by atoms with van der Waals surface area (Å²) in [5.74, 6) is -0.374. The standard InChI is InChI=1S/C25H19FO5/c1-4-24(27)30-19-9-6-17(7-10-19)5-8-18-12-14-23(29-18)21-13-11-20(15-22(21)26)31-25(28)16(2)3/h4-15H,1-2H2,3H3/b8-5+. The number of carbonyl (C=O) groups is 2. The van der Waals surface area contributed by atoms with Crippen molar-refractivity contribution >= 4 is 24.1 Å². The summed E-state index contributed by atoms with van der Waals surface area (Å²) in [6.45, 7) is 8.34. The molecule has 0 saturated carbocycles. The van der Waals surface area contributed by atoms with Crippen molar-refractivity contribution in [3.05, 3.63) is 96.5 Å². The number of furan rings is 1. The molecule has 0 unspecified atom stereocenters. The third kappa shape index (κ3) is 5.67. The second-order valence-electron chi connectivity index (χ2n) is 6.54. The van der Waals surface area contributed by atoms with Gasteiger partial charge in [-0.2, -0.15) is 0 Å². The zero-order chi connectivity index (χ0) is 22.4. The topological polar surface area (TPSA) is 65.7 Å². The quantitative estimate of drug-likeness (QED) is 0.274. The lowest BCUT2D eigenvalue weighted by molar-refractivity contribution is -0.130. The van der Waals surface area contributed by atoms with E-state index in [0.717, 1.165) is 17.7 Å². The van der Waals surface area contributed by atoms with Gasteiger partial charge in [0.1, 0.15) is 28.8 Å². The lowest BCUT2D eigenvalue weighted by atomic mass is 10.1. The normalized spacial score (nSPS) is 10.6. The van der Waals surface area contributed by atoms with Crippen LogP contribution in [0.25, 0.3) is 23.5 Å². The average Bonchev–Trinajstić information content (AvgIpc) is 3.22. The molecule has 0 fully saturated rings. The summed E-state index contributed by atoms with van der Waals surface area (Å²) in [5.41, 5.74) is 1.31. The smallest absolute Gasteiger partial charge is 0.338 e. The highest BCUT2D eigenvalue weighted by Gasteiger charge is 2.12. The third-order valence-electron chi connectivity index (χ3n) is 4.10. The van der Waals surface area contributed by atoms with Gasteiger partial charge in [0.15, 0.2) is 0 Å². The van der Waals surface area contributed by atoms with Crippen LogP contribution in [-0.2, 0) is 9.59 Å². The van der Waals surface area contributed by atoms with Gasteiger partial charge < -0.3 is 13.9 Å². The second kappa shape index (κ2) is 9.54. The van der Waals surface area contributed by atoms with Crippen molar-refractivity contribution in [2.75, 3.05) is 0 Å². The molecule has 0 amide bonds. The van der Waals surface area contributed by atoms with Crippen molar-refractivity contribution in [1.82, 2.24) is 0 Å². The van der Waals surface area contributed by atoms with E-state index in [-0.39, 0.29) is 16.9 Å². The van der Waals surface area contributed by atoms with Crippen molar-refractivity contribution in [2.45, 2.75) is 6.92 Å². The van der Waals surface area contributed by atoms with Crippen LogP contribution >= 0.6 is 0 Å². The molecule has 156 valence electrons. The molecule has 0 spiro atoms. The molecular weight excluding hydrogens is 399 g/mol. The fourth-order valence-electron chi connectivity index (χ4n) is 2.52. The molecule has 0 saturated heterocycles. The third-order valence-corrected chi connectivity index (χ3v) is 4.10. The van der Waals surface area contributed by atoms with Crippen LogP contribution in [0, 0.1) is 5.82 Å². The van der Waals surface area contributed by atoms with Gasteiger partial charge in [-0.3, -0.25) is 0 Å². The van der Waals surface area contributed by atoms with E-state index >= 15 is 0 Å². The molecule has 0 N–H and O–H groups in total. The van der Waals surface area contributed by atoms with E-state index in [1.165, 1.54) is 19.1 Å². The summed E-state index contributed by atoms with van der Waals surface area (Å²) in [7, 11) is 0. The van der Waals surface area contributed by atoms with Crippen molar-refractivity contribution in [1.29, 1.82) is 0 Å². The summed E-state index contributed by atoms with van der Waals surface area (Å²) in [4.78, 5) is 22.7. The molecule has 1 aromatic heterocycles. The van der Waals surface area contributed by atoms with Crippen LogP contribution < -0.4 is 9.47 Å². The molecule has 31 heavy (non-hydrogen) atoms. The van der Waals surface area contributed by atoms with E-state index in [0.29, 0.717) is 17.3 Å². The first-order valence-corrected chi connectivity index (χ1v) is 9.25. The van der Waals surface area contributed by atoms with E-state index in [1.807, 2.05) is 0 Å². The molecule has 5 nitrogen and oxygen atoms in total. The van der Waals surface area contributed by atoms with E-state index in [1.54, 1.807) is 48.6 Å². The molecule has 0 aliphatic rings. The Labute approximate surface area is 178 Å². The van der Waals surface area contributed by atoms with Crippen LogP contribution in [-0.4, -0.2) is 11.9 Å². The summed E-state index contributed by atoms with van der Waals surface area (Å²) in [6, 6.07) is 14.3. The zero-order valence-electron chi connectivity index (χ0n) is 16.8. The zero-order valence-corrected chi connectivity index (χ0v) is 16.8. The number of esters is 2. The van der Waals surface area contributed by atoms with Crippen LogP contribution in [0.15, 0.2) is 83.8 Å². The second-order valence-corrected chi connectivity index (χ2v) is 6.54. The minimum Gasteiger partial charge on any atom is -0.457 e. The Morgan fingerprint density at radius 2 is 1.68 bits per heavy atom. The number of ether oxygens (including phenoxy) is 2. The molecule has 3 rings (SSSR count). The van der Waals surface area contributed by atoms with Crippen molar-refractivity contribution in [3.8, 4) is 22.8 Å². The summed E-state index contributed by atoms with van der Waals surface area (Å²) in [5, 5.41) is 0. The number of carbonyl (C=O) groups excluding carboxylic acids is 2. The highest BCUT2D eigenvalue weighted by atomic mass is 19.1. The van der Waals surface area contributed by atoms with Crippen LogP contribution in [0.5, 0.6) is 11.5 Å². The highest BCUT2D eigenvalue weighted by molar-refractivity contribution is 5.88. The number of rotatable bonds is 7. The largest absolute Gasteiger partial charge is 0.457 e. The Morgan fingerprint density at radius 3 is 2.32 bits per heavy atom. The van der Waals surface area contributed by atoms with Gasteiger partial charge in [-0.05, 0) is 55.0 Å². The maximum absolute atomic E-state index is 14.5. The first-order chi connectivity index (χ1) is 14.9. The summed E-state index contributed by atoms with van der Waals surface area (Å²) in [6.07, 6.45) is 4.63. The molecule has 1 heterocycles. The van der Waals surface area contributed by atoms with Crippen LogP contribution in [0.2, 0.25) is 0 Å². The first kappa shape index (κ1) is 21.5. The maximum atomic E-state index is 14.5. The first-order valence-electron chi connectivity index (χ1n) is 9.25. The summed E-state index contributed by atoms with van der Waals surface area (Å²) < 4.78 is 30.2. The van der Waals surface area contributed by atoms with Crippen LogP contribution in [0.3, 0.4) is 0 Å². The number of hydrogen-bond donors (Lipinski definition) is 0. The van der Waals surface area contributed by atoms with Gasteiger partial charge in [0.05, 0.1) is 5.56 Å². The molecule has 0 bridgehead atoms. The molecule has 0 aliphatic heterocycles. The monoisotopic (exact) mass is 418 g/mol. The molecule has 3 aromatic rings. The Hall–Kier alpha value is -4.19. The van der Waals surface area contributed by atoms with Gasteiger partial charge in [0.2, 0.25) is 0 Å². The van der Waals surface area contributed by atoms with Gasteiger partial charge in [0.25, 0.3) is 0 Å². The Kier molecular flexibility index (Phi) is 6.62. The molecule has 0 atom stereocenters. The van der Waals surface area contributed by atoms with Gasteiger partial charge in [0, 0.05) is 17.7 Å². The van der Waals surface area contributed by atoms with Gasteiger partial charge >= 0.3 is 11.9 Å². The molecular formula is C25H19FO5. The van der Waals surface area contributed by atoms with Crippen molar-refractivity contribution in [3.63, 3.8) is 0 Å². The van der Waals surface area contributed by atoms with Crippen LogP contribution in [0.1, 0.15) is 18.2 Å². The molecule has 6 heteroatoms. The van der Waals surface area contributed by atoms with E-state index in [9.17, 15) is 14.0 Å². The summed E-state index contributed by atoms with van der Waals surface area (Å²) >= 11 is 0. The number of benzene rings is 2. The predicted octanol–water partition coefficient (Wildman–Crippen LogP) is 5.83. The van der Waals surface area contributed by atoms with Gasteiger partial charge in [-0.25, -0.2) is 14.0 Å².